The maximum absolute atomic E-state index is 12.4. The van der Waals surface area contributed by atoms with Gasteiger partial charge in [0, 0.05) is 25.2 Å². The number of likely N-dealkylation sites (tertiary alicyclic amines) is 1. The number of piperidine rings is 1. The SMILES string of the molecule is COc1ncccc1NC(=O)[C@@H]1CCCN(C(=O)C(C)C)C1. The van der Waals surface area contributed by atoms with Gasteiger partial charge in [0.2, 0.25) is 17.7 Å². The molecule has 6 heteroatoms. The summed E-state index contributed by atoms with van der Waals surface area (Å²) in [6, 6.07) is 3.50. The molecule has 0 aliphatic carbocycles. The van der Waals surface area contributed by atoms with Crippen LogP contribution in [0.4, 0.5) is 5.69 Å². The van der Waals surface area contributed by atoms with Gasteiger partial charge in [-0.05, 0) is 25.0 Å². The number of carbonyl (C=O) groups is 2. The molecular formula is C16H23N3O3. The van der Waals surface area contributed by atoms with Gasteiger partial charge in [0.25, 0.3) is 0 Å². The third-order valence-electron chi connectivity index (χ3n) is 3.82. The maximum atomic E-state index is 12.4. The van der Waals surface area contributed by atoms with Gasteiger partial charge in [-0.15, -0.1) is 0 Å². The number of hydrogen-bond donors (Lipinski definition) is 1. The highest BCUT2D eigenvalue weighted by Crippen LogP contribution is 2.24. The van der Waals surface area contributed by atoms with Gasteiger partial charge in [-0.25, -0.2) is 4.98 Å². The van der Waals surface area contributed by atoms with Crippen LogP contribution in [0.2, 0.25) is 0 Å². The Labute approximate surface area is 130 Å². The summed E-state index contributed by atoms with van der Waals surface area (Å²) in [5.41, 5.74) is 0.558. The molecule has 0 saturated carbocycles. The van der Waals surface area contributed by atoms with E-state index < -0.39 is 0 Å². The Morgan fingerprint density at radius 1 is 1.45 bits per heavy atom. The van der Waals surface area contributed by atoms with Gasteiger partial charge >= 0.3 is 0 Å². The number of rotatable bonds is 4. The molecule has 1 aliphatic heterocycles. The Balaban J connectivity index is 2.01. The van der Waals surface area contributed by atoms with Crippen molar-refractivity contribution in [3.8, 4) is 5.88 Å². The van der Waals surface area contributed by atoms with Crippen LogP contribution in [-0.2, 0) is 9.59 Å². The largest absolute Gasteiger partial charge is 0.480 e. The Morgan fingerprint density at radius 3 is 2.91 bits per heavy atom. The molecule has 2 rings (SSSR count). The van der Waals surface area contributed by atoms with Crippen molar-refractivity contribution in [2.24, 2.45) is 11.8 Å². The summed E-state index contributed by atoms with van der Waals surface area (Å²) < 4.78 is 5.13. The number of nitrogens with zero attached hydrogens (tertiary/aromatic N) is 2. The molecule has 1 aromatic rings. The van der Waals surface area contributed by atoms with E-state index in [0.29, 0.717) is 18.1 Å². The molecule has 1 saturated heterocycles. The fourth-order valence-electron chi connectivity index (χ4n) is 2.64. The number of pyridine rings is 1. The smallest absolute Gasteiger partial charge is 0.237 e. The van der Waals surface area contributed by atoms with Crippen molar-refractivity contribution in [2.45, 2.75) is 26.7 Å². The number of hydrogen-bond acceptors (Lipinski definition) is 4. The molecule has 0 radical (unpaired) electrons. The van der Waals surface area contributed by atoms with Gasteiger partial charge in [0.15, 0.2) is 0 Å². The van der Waals surface area contributed by atoms with E-state index in [1.807, 2.05) is 13.8 Å². The normalized spacial score (nSPS) is 18.2. The molecule has 120 valence electrons. The summed E-state index contributed by atoms with van der Waals surface area (Å²) in [4.78, 5) is 30.4. The van der Waals surface area contributed by atoms with Gasteiger partial charge in [0.05, 0.1) is 13.0 Å². The Bertz CT molecular complexity index is 545. The Hall–Kier alpha value is -2.11. The third kappa shape index (κ3) is 3.75. The number of nitrogens with one attached hydrogen (secondary N) is 1. The van der Waals surface area contributed by atoms with E-state index in [1.54, 1.807) is 23.2 Å². The monoisotopic (exact) mass is 305 g/mol. The second-order valence-corrected chi connectivity index (χ2v) is 5.83. The summed E-state index contributed by atoms with van der Waals surface area (Å²) in [6.45, 7) is 4.97. The zero-order chi connectivity index (χ0) is 16.1. The van der Waals surface area contributed by atoms with Crippen molar-refractivity contribution in [2.75, 3.05) is 25.5 Å². The highest BCUT2D eigenvalue weighted by atomic mass is 16.5. The molecule has 0 unspecified atom stereocenters. The molecule has 1 aromatic heterocycles. The number of ether oxygens (including phenoxy) is 1. The molecule has 1 fully saturated rings. The van der Waals surface area contributed by atoms with Gasteiger partial charge in [-0.2, -0.15) is 0 Å². The van der Waals surface area contributed by atoms with E-state index in [-0.39, 0.29) is 23.7 Å². The van der Waals surface area contributed by atoms with Crippen molar-refractivity contribution < 1.29 is 14.3 Å². The van der Waals surface area contributed by atoms with Crippen LogP contribution in [0.15, 0.2) is 18.3 Å². The first-order valence-corrected chi connectivity index (χ1v) is 7.61. The molecule has 2 heterocycles. The lowest BCUT2D eigenvalue weighted by Gasteiger charge is -2.33. The van der Waals surface area contributed by atoms with E-state index in [1.165, 1.54) is 7.11 Å². The average molecular weight is 305 g/mol. The first kappa shape index (κ1) is 16.3. The number of carbonyl (C=O) groups excluding carboxylic acids is 2. The molecule has 0 bridgehead atoms. The second-order valence-electron chi connectivity index (χ2n) is 5.83. The highest BCUT2D eigenvalue weighted by Gasteiger charge is 2.29. The van der Waals surface area contributed by atoms with Crippen LogP contribution in [-0.4, -0.2) is 41.9 Å². The van der Waals surface area contributed by atoms with Crippen LogP contribution in [0.5, 0.6) is 5.88 Å². The van der Waals surface area contributed by atoms with E-state index in [2.05, 4.69) is 10.3 Å². The van der Waals surface area contributed by atoms with Crippen molar-refractivity contribution >= 4 is 17.5 Å². The quantitative estimate of drug-likeness (QED) is 0.922. The van der Waals surface area contributed by atoms with E-state index in [4.69, 9.17) is 4.74 Å². The second kappa shape index (κ2) is 7.24. The standard InChI is InChI=1S/C16H23N3O3/c1-11(2)16(21)19-9-5-6-12(10-19)14(20)18-13-7-4-8-17-15(13)22-3/h4,7-8,11-12H,5-6,9-10H2,1-3H3,(H,18,20)/t12-/m1/s1. The molecular weight excluding hydrogens is 282 g/mol. The van der Waals surface area contributed by atoms with Crippen LogP contribution < -0.4 is 10.1 Å². The minimum Gasteiger partial charge on any atom is -0.480 e. The number of anilines is 1. The fourth-order valence-corrected chi connectivity index (χ4v) is 2.64. The summed E-state index contributed by atoms with van der Waals surface area (Å²) in [5, 5.41) is 2.86. The van der Waals surface area contributed by atoms with Crippen molar-refractivity contribution in [3.63, 3.8) is 0 Å². The molecule has 0 spiro atoms. The summed E-state index contributed by atoms with van der Waals surface area (Å²) in [5.74, 6) is 0.173. The van der Waals surface area contributed by atoms with Crippen LogP contribution in [0, 0.1) is 11.8 Å². The Morgan fingerprint density at radius 2 is 2.23 bits per heavy atom. The van der Waals surface area contributed by atoms with E-state index in [9.17, 15) is 9.59 Å². The zero-order valence-corrected chi connectivity index (χ0v) is 13.3. The minimum atomic E-state index is -0.193. The molecule has 1 N–H and O–H groups in total. The molecule has 0 aromatic carbocycles. The van der Waals surface area contributed by atoms with Crippen LogP contribution in [0.3, 0.4) is 0 Å². The van der Waals surface area contributed by atoms with Gasteiger partial charge in [0.1, 0.15) is 5.69 Å². The van der Waals surface area contributed by atoms with Crippen molar-refractivity contribution in [3.05, 3.63) is 18.3 Å². The molecule has 1 aliphatic rings. The van der Waals surface area contributed by atoms with Crippen LogP contribution >= 0.6 is 0 Å². The van der Waals surface area contributed by atoms with E-state index >= 15 is 0 Å². The molecule has 2 amide bonds. The average Bonchev–Trinajstić information content (AvgIpc) is 2.54. The molecule has 1 atom stereocenters. The first-order chi connectivity index (χ1) is 10.5. The predicted octanol–water partition coefficient (Wildman–Crippen LogP) is 1.92. The lowest BCUT2D eigenvalue weighted by molar-refractivity contribution is -0.137. The maximum Gasteiger partial charge on any atom is 0.237 e. The van der Waals surface area contributed by atoms with Gasteiger partial charge < -0.3 is 15.0 Å². The highest BCUT2D eigenvalue weighted by molar-refractivity contribution is 5.94. The van der Waals surface area contributed by atoms with Crippen LogP contribution in [0.25, 0.3) is 0 Å². The van der Waals surface area contributed by atoms with Crippen molar-refractivity contribution in [1.82, 2.24) is 9.88 Å². The van der Waals surface area contributed by atoms with Gasteiger partial charge in [-0.1, -0.05) is 13.8 Å². The topological polar surface area (TPSA) is 71.5 Å². The number of aromatic nitrogens is 1. The minimum absolute atomic E-state index is 0.0415. The zero-order valence-electron chi connectivity index (χ0n) is 13.3. The molecule has 6 nitrogen and oxygen atoms in total. The summed E-state index contributed by atoms with van der Waals surface area (Å²) >= 11 is 0. The first-order valence-electron chi connectivity index (χ1n) is 7.61. The summed E-state index contributed by atoms with van der Waals surface area (Å²) in [7, 11) is 1.52. The number of methoxy groups -OCH3 is 1. The van der Waals surface area contributed by atoms with Crippen molar-refractivity contribution in [1.29, 1.82) is 0 Å². The van der Waals surface area contributed by atoms with Gasteiger partial charge in [-0.3, -0.25) is 9.59 Å². The molecule has 22 heavy (non-hydrogen) atoms. The van der Waals surface area contributed by atoms with E-state index in [0.717, 1.165) is 19.4 Å². The lowest BCUT2D eigenvalue weighted by Crippen LogP contribution is -2.45. The predicted molar refractivity (Wildman–Crippen MR) is 83.6 cm³/mol. The number of amides is 2. The summed E-state index contributed by atoms with van der Waals surface area (Å²) in [6.07, 6.45) is 3.25. The van der Waals surface area contributed by atoms with Crippen LogP contribution in [0.1, 0.15) is 26.7 Å². The Kier molecular flexibility index (Phi) is 5.35. The fraction of sp³-hybridized carbons (Fsp3) is 0.562. The lowest BCUT2D eigenvalue weighted by atomic mass is 9.96. The third-order valence-corrected chi connectivity index (χ3v) is 3.82.